The molecule has 6 heteroatoms. The van der Waals surface area contributed by atoms with E-state index in [1.54, 1.807) is 30.3 Å². The number of carbonyl (C=O) groups is 1. The van der Waals surface area contributed by atoms with Gasteiger partial charge in [0, 0.05) is 29.9 Å². The molecule has 2 aromatic rings. The maximum atomic E-state index is 12.0. The van der Waals surface area contributed by atoms with Crippen molar-refractivity contribution in [2.24, 2.45) is 5.73 Å². The standard InChI is InChI=1S/C14H13N3O3/c15-9-10-4-6-11(7-5-10)14(18)16-12-2-1-3-13(8-12)17(19)20/h1-8H,9,15H2,(H,16,18). The minimum Gasteiger partial charge on any atom is -0.326 e. The average molecular weight is 271 g/mol. The molecule has 2 rings (SSSR count). The number of nitro benzene ring substituents is 1. The molecule has 0 unspecified atom stereocenters. The van der Waals surface area contributed by atoms with Crippen molar-refractivity contribution >= 4 is 17.3 Å². The van der Waals surface area contributed by atoms with Gasteiger partial charge in [0.05, 0.1) is 4.92 Å². The van der Waals surface area contributed by atoms with Crippen molar-refractivity contribution in [3.05, 3.63) is 69.8 Å². The Labute approximate surface area is 115 Å². The number of rotatable bonds is 4. The highest BCUT2D eigenvalue weighted by Crippen LogP contribution is 2.17. The van der Waals surface area contributed by atoms with E-state index < -0.39 is 4.92 Å². The summed E-state index contributed by atoms with van der Waals surface area (Å²) in [4.78, 5) is 22.1. The molecular formula is C14H13N3O3. The number of non-ortho nitro benzene ring substituents is 1. The summed E-state index contributed by atoms with van der Waals surface area (Å²) in [5.41, 5.74) is 7.19. The number of nitrogens with zero attached hydrogens (tertiary/aromatic N) is 1. The fourth-order valence-corrected chi connectivity index (χ4v) is 1.69. The van der Waals surface area contributed by atoms with Crippen LogP contribution < -0.4 is 11.1 Å². The second-order valence-corrected chi connectivity index (χ2v) is 4.16. The average Bonchev–Trinajstić information content (AvgIpc) is 2.47. The highest BCUT2D eigenvalue weighted by Gasteiger charge is 2.09. The maximum Gasteiger partial charge on any atom is 0.271 e. The Hall–Kier alpha value is -2.73. The van der Waals surface area contributed by atoms with E-state index >= 15 is 0 Å². The zero-order valence-electron chi connectivity index (χ0n) is 10.6. The van der Waals surface area contributed by atoms with Crippen LogP contribution in [0.4, 0.5) is 11.4 Å². The topological polar surface area (TPSA) is 98.3 Å². The second-order valence-electron chi connectivity index (χ2n) is 4.16. The summed E-state index contributed by atoms with van der Waals surface area (Å²) >= 11 is 0. The van der Waals surface area contributed by atoms with Crippen molar-refractivity contribution in [3.8, 4) is 0 Å². The molecule has 0 aliphatic carbocycles. The minimum absolute atomic E-state index is 0.0683. The number of nitrogens with one attached hydrogen (secondary N) is 1. The molecule has 0 aliphatic heterocycles. The van der Waals surface area contributed by atoms with Gasteiger partial charge in [-0.1, -0.05) is 18.2 Å². The lowest BCUT2D eigenvalue weighted by Gasteiger charge is -2.05. The molecule has 0 atom stereocenters. The first kappa shape index (κ1) is 13.7. The summed E-state index contributed by atoms with van der Waals surface area (Å²) in [5.74, 6) is -0.325. The first-order valence-electron chi connectivity index (χ1n) is 5.95. The SMILES string of the molecule is NCc1ccc(C(=O)Nc2cccc([N+](=O)[O-])c2)cc1. The Morgan fingerprint density at radius 1 is 1.20 bits per heavy atom. The van der Waals surface area contributed by atoms with Crippen molar-refractivity contribution < 1.29 is 9.72 Å². The van der Waals surface area contributed by atoms with Gasteiger partial charge in [-0.15, -0.1) is 0 Å². The molecule has 0 saturated carbocycles. The smallest absolute Gasteiger partial charge is 0.271 e. The highest BCUT2D eigenvalue weighted by atomic mass is 16.6. The van der Waals surface area contributed by atoms with Gasteiger partial charge in [-0.3, -0.25) is 14.9 Å². The molecule has 6 nitrogen and oxygen atoms in total. The molecule has 2 aromatic carbocycles. The molecule has 0 bridgehead atoms. The van der Waals surface area contributed by atoms with Crippen molar-refractivity contribution in [1.29, 1.82) is 0 Å². The van der Waals surface area contributed by atoms with Crippen LogP contribution in [0.3, 0.4) is 0 Å². The third-order valence-corrected chi connectivity index (χ3v) is 2.77. The molecule has 0 aliphatic rings. The van der Waals surface area contributed by atoms with Crippen molar-refractivity contribution in [1.82, 2.24) is 0 Å². The van der Waals surface area contributed by atoms with Crippen LogP contribution in [-0.2, 0) is 6.54 Å². The lowest BCUT2D eigenvalue weighted by molar-refractivity contribution is -0.384. The lowest BCUT2D eigenvalue weighted by atomic mass is 10.1. The molecule has 0 heterocycles. The molecule has 102 valence electrons. The summed E-state index contributed by atoms with van der Waals surface area (Å²) < 4.78 is 0. The molecule has 0 aromatic heterocycles. The van der Waals surface area contributed by atoms with Gasteiger partial charge in [0.2, 0.25) is 0 Å². The number of nitro groups is 1. The van der Waals surface area contributed by atoms with E-state index in [0.717, 1.165) is 5.56 Å². The van der Waals surface area contributed by atoms with Crippen LogP contribution in [0.5, 0.6) is 0 Å². The van der Waals surface area contributed by atoms with Gasteiger partial charge in [-0.25, -0.2) is 0 Å². The van der Waals surface area contributed by atoms with E-state index in [4.69, 9.17) is 5.73 Å². The zero-order valence-corrected chi connectivity index (χ0v) is 10.6. The fourth-order valence-electron chi connectivity index (χ4n) is 1.69. The van der Waals surface area contributed by atoms with Crippen LogP contribution in [0.25, 0.3) is 0 Å². The van der Waals surface area contributed by atoms with Crippen LogP contribution in [0, 0.1) is 10.1 Å². The van der Waals surface area contributed by atoms with Crippen molar-refractivity contribution in [2.45, 2.75) is 6.54 Å². The van der Waals surface area contributed by atoms with Crippen molar-refractivity contribution in [2.75, 3.05) is 5.32 Å². The van der Waals surface area contributed by atoms with Crippen molar-refractivity contribution in [3.63, 3.8) is 0 Å². The number of nitrogens with two attached hydrogens (primary N) is 1. The third-order valence-electron chi connectivity index (χ3n) is 2.77. The summed E-state index contributed by atoms with van der Waals surface area (Å²) in [5, 5.41) is 13.3. The Kier molecular flexibility index (Phi) is 4.07. The van der Waals surface area contributed by atoms with Crippen LogP contribution in [0.15, 0.2) is 48.5 Å². The number of amides is 1. The van der Waals surface area contributed by atoms with E-state index in [0.29, 0.717) is 17.8 Å². The van der Waals surface area contributed by atoms with E-state index in [9.17, 15) is 14.9 Å². The molecule has 1 amide bonds. The van der Waals surface area contributed by atoms with Crippen LogP contribution in [0.2, 0.25) is 0 Å². The Balaban J connectivity index is 2.14. The third kappa shape index (κ3) is 3.18. The minimum atomic E-state index is -0.508. The predicted molar refractivity (Wildman–Crippen MR) is 75.4 cm³/mol. The molecule has 0 radical (unpaired) electrons. The molecule has 3 N–H and O–H groups in total. The largest absolute Gasteiger partial charge is 0.326 e. The number of benzene rings is 2. The maximum absolute atomic E-state index is 12.0. The van der Waals surface area contributed by atoms with Crippen LogP contribution in [-0.4, -0.2) is 10.8 Å². The van der Waals surface area contributed by atoms with Crippen LogP contribution >= 0.6 is 0 Å². The lowest BCUT2D eigenvalue weighted by Crippen LogP contribution is -2.12. The highest BCUT2D eigenvalue weighted by molar-refractivity contribution is 6.04. The molecule has 0 fully saturated rings. The Bertz CT molecular complexity index is 638. The molecular weight excluding hydrogens is 258 g/mol. The fraction of sp³-hybridized carbons (Fsp3) is 0.0714. The summed E-state index contributed by atoms with van der Waals surface area (Å²) in [6.07, 6.45) is 0. The summed E-state index contributed by atoms with van der Waals surface area (Å²) in [6, 6.07) is 12.6. The summed E-state index contributed by atoms with van der Waals surface area (Å²) in [6.45, 7) is 0.410. The van der Waals surface area contributed by atoms with E-state index in [-0.39, 0.29) is 11.6 Å². The van der Waals surface area contributed by atoms with E-state index in [2.05, 4.69) is 5.32 Å². The first-order valence-corrected chi connectivity index (χ1v) is 5.95. The van der Waals surface area contributed by atoms with Gasteiger partial charge in [-0.2, -0.15) is 0 Å². The van der Waals surface area contributed by atoms with Gasteiger partial charge < -0.3 is 11.1 Å². The Morgan fingerprint density at radius 3 is 2.50 bits per heavy atom. The van der Waals surface area contributed by atoms with E-state index in [1.807, 2.05) is 0 Å². The Morgan fingerprint density at radius 2 is 1.90 bits per heavy atom. The zero-order chi connectivity index (χ0) is 14.5. The van der Waals surface area contributed by atoms with Crippen LogP contribution in [0.1, 0.15) is 15.9 Å². The number of anilines is 1. The van der Waals surface area contributed by atoms with Gasteiger partial charge >= 0.3 is 0 Å². The monoisotopic (exact) mass is 271 g/mol. The van der Waals surface area contributed by atoms with Gasteiger partial charge in [-0.05, 0) is 23.8 Å². The summed E-state index contributed by atoms with van der Waals surface area (Å²) in [7, 11) is 0. The van der Waals surface area contributed by atoms with Gasteiger partial charge in [0.15, 0.2) is 0 Å². The quantitative estimate of drug-likeness (QED) is 0.658. The molecule has 20 heavy (non-hydrogen) atoms. The second kappa shape index (κ2) is 5.94. The first-order chi connectivity index (χ1) is 9.60. The number of hydrogen-bond acceptors (Lipinski definition) is 4. The van der Waals surface area contributed by atoms with Gasteiger partial charge in [0.25, 0.3) is 11.6 Å². The molecule has 0 spiro atoms. The van der Waals surface area contributed by atoms with Gasteiger partial charge in [0.1, 0.15) is 0 Å². The number of hydrogen-bond donors (Lipinski definition) is 2. The number of carbonyl (C=O) groups excluding carboxylic acids is 1. The normalized spacial score (nSPS) is 10.1. The molecule has 0 saturated heterocycles. The predicted octanol–water partition coefficient (Wildman–Crippen LogP) is 2.31. The van der Waals surface area contributed by atoms with E-state index in [1.165, 1.54) is 18.2 Å².